The average Bonchev–Trinajstić information content (AvgIpc) is 2.25. The molecule has 0 aromatic rings. The highest BCUT2D eigenvalue weighted by Crippen LogP contribution is 2.34. The van der Waals surface area contributed by atoms with Crippen LogP contribution in [0.15, 0.2) is 0 Å². The van der Waals surface area contributed by atoms with Crippen molar-refractivity contribution in [3.05, 3.63) is 0 Å². The van der Waals surface area contributed by atoms with Crippen LogP contribution in [0.5, 0.6) is 0 Å². The molecular formula is C12H19F2NO4. The Hall–Kier alpha value is -1.40. The van der Waals surface area contributed by atoms with Crippen LogP contribution in [0.3, 0.4) is 0 Å². The van der Waals surface area contributed by atoms with Gasteiger partial charge in [-0.25, -0.2) is 13.6 Å². The van der Waals surface area contributed by atoms with Crippen molar-refractivity contribution in [2.45, 2.75) is 38.7 Å². The van der Waals surface area contributed by atoms with Crippen molar-refractivity contribution in [2.24, 2.45) is 5.92 Å². The molecule has 0 spiro atoms. The normalized spacial score (nSPS) is 22.8. The maximum Gasteiger partial charge on any atom is 0.410 e. The molecule has 0 radical (unpaired) electrons. The number of ether oxygens (including phenoxy) is 2. The number of halogens is 2. The third kappa shape index (κ3) is 4.04. The minimum Gasteiger partial charge on any atom is -0.469 e. The molecule has 1 rings (SSSR count). The molecule has 0 aromatic heterocycles. The second-order valence-corrected chi connectivity index (χ2v) is 5.51. The number of alkyl halides is 2. The fourth-order valence-electron chi connectivity index (χ4n) is 1.79. The molecule has 1 atom stereocenters. The molecule has 0 saturated carbocycles. The van der Waals surface area contributed by atoms with E-state index in [0.29, 0.717) is 0 Å². The Morgan fingerprint density at radius 2 is 1.89 bits per heavy atom. The maximum atomic E-state index is 13.6. The van der Waals surface area contributed by atoms with E-state index in [4.69, 9.17) is 4.74 Å². The second kappa shape index (κ2) is 5.30. The summed E-state index contributed by atoms with van der Waals surface area (Å²) < 4.78 is 36.7. The molecule has 1 aliphatic heterocycles. The first-order valence-electron chi connectivity index (χ1n) is 6.00. The SMILES string of the molecule is COC(=O)[C@H]1CN(C(=O)OC(C)(C)C)CCC1(F)F. The molecule has 19 heavy (non-hydrogen) atoms. The number of likely N-dealkylation sites (tertiary alicyclic amines) is 1. The summed E-state index contributed by atoms with van der Waals surface area (Å²) in [7, 11) is 1.05. The van der Waals surface area contributed by atoms with E-state index in [9.17, 15) is 18.4 Å². The minimum absolute atomic E-state index is 0.143. The quantitative estimate of drug-likeness (QED) is 0.689. The number of amides is 1. The first-order valence-corrected chi connectivity index (χ1v) is 6.00. The minimum atomic E-state index is -3.16. The summed E-state index contributed by atoms with van der Waals surface area (Å²) in [6, 6.07) is 0. The molecule has 7 heteroatoms. The monoisotopic (exact) mass is 279 g/mol. The molecule has 1 saturated heterocycles. The second-order valence-electron chi connectivity index (χ2n) is 5.51. The summed E-state index contributed by atoms with van der Waals surface area (Å²) in [5.41, 5.74) is -0.711. The first-order chi connectivity index (χ1) is 8.57. The van der Waals surface area contributed by atoms with Crippen LogP contribution in [0.25, 0.3) is 0 Å². The van der Waals surface area contributed by atoms with Crippen LogP contribution < -0.4 is 0 Å². The zero-order chi connectivity index (χ0) is 14.8. The first kappa shape index (κ1) is 15.7. The fraction of sp³-hybridized carbons (Fsp3) is 0.833. The van der Waals surface area contributed by atoms with Gasteiger partial charge in [-0.1, -0.05) is 0 Å². The van der Waals surface area contributed by atoms with E-state index < -0.39 is 42.5 Å². The highest BCUT2D eigenvalue weighted by Gasteiger charge is 2.50. The third-order valence-electron chi connectivity index (χ3n) is 2.77. The zero-order valence-electron chi connectivity index (χ0n) is 11.5. The van der Waals surface area contributed by atoms with Crippen LogP contribution in [0.1, 0.15) is 27.2 Å². The number of hydrogen-bond donors (Lipinski definition) is 0. The van der Waals surface area contributed by atoms with E-state index >= 15 is 0 Å². The predicted octanol–water partition coefficient (Wildman–Crippen LogP) is 2.05. The zero-order valence-corrected chi connectivity index (χ0v) is 11.5. The van der Waals surface area contributed by atoms with E-state index in [0.717, 1.165) is 12.0 Å². The topological polar surface area (TPSA) is 55.8 Å². The number of hydrogen-bond acceptors (Lipinski definition) is 4. The van der Waals surface area contributed by atoms with Crippen LogP contribution in [0, 0.1) is 5.92 Å². The predicted molar refractivity (Wildman–Crippen MR) is 62.9 cm³/mol. The third-order valence-corrected chi connectivity index (χ3v) is 2.77. The summed E-state index contributed by atoms with van der Waals surface area (Å²) >= 11 is 0. The number of esters is 1. The number of carbonyl (C=O) groups excluding carboxylic acids is 2. The van der Waals surface area contributed by atoms with Crippen LogP contribution in [0.4, 0.5) is 13.6 Å². The lowest BCUT2D eigenvalue weighted by Crippen LogP contribution is -2.53. The Morgan fingerprint density at radius 1 is 1.32 bits per heavy atom. The summed E-state index contributed by atoms with van der Waals surface area (Å²) in [5, 5.41) is 0. The highest BCUT2D eigenvalue weighted by molar-refractivity contribution is 5.76. The van der Waals surface area contributed by atoms with Gasteiger partial charge >= 0.3 is 12.1 Å². The van der Waals surface area contributed by atoms with Crippen molar-refractivity contribution in [2.75, 3.05) is 20.2 Å². The molecule has 1 heterocycles. The van der Waals surface area contributed by atoms with E-state index in [1.807, 2.05) is 0 Å². The van der Waals surface area contributed by atoms with Crippen molar-refractivity contribution in [1.82, 2.24) is 4.90 Å². The van der Waals surface area contributed by atoms with Crippen LogP contribution in [-0.4, -0.2) is 48.7 Å². The Labute approximate surface area is 110 Å². The summed E-state index contributed by atoms with van der Waals surface area (Å²) in [5.74, 6) is -5.82. The molecule has 0 aromatic carbocycles. The number of methoxy groups -OCH3 is 1. The van der Waals surface area contributed by atoms with Gasteiger partial charge in [0.15, 0.2) is 0 Å². The van der Waals surface area contributed by atoms with Crippen LogP contribution in [-0.2, 0) is 14.3 Å². The van der Waals surface area contributed by atoms with Gasteiger partial charge < -0.3 is 14.4 Å². The van der Waals surface area contributed by atoms with Gasteiger partial charge in [-0.15, -0.1) is 0 Å². The van der Waals surface area contributed by atoms with Gasteiger partial charge in [0.2, 0.25) is 0 Å². The number of piperidine rings is 1. The summed E-state index contributed by atoms with van der Waals surface area (Å²) in [6.07, 6.45) is -1.27. The largest absolute Gasteiger partial charge is 0.469 e. The van der Waals surface area contributed by atoms with Crippen LogP contribution in [0.2, 0.25) is 0 Å². The molecule has 110 valence electrons. The van der Waals surface area contributed by atoms with Crippen molar-refractivity contribution in [3.8, 4) is 0 Å². The van der Waals surface area contributed by atoms with Gasteiger partial charge in [0.1, 0.15) is 11.5 Å². The number of nitrogens with zero attached hydrogens (tertiary/aromatic N) is 1. The lowest BCUT2D eigenvalue weighted by Gasteiger charge is -2.37. The van der Waals surface area contributed by atoms with Gasteiger partial charge in [0.05, 0.1) is 7.11 Å². The van der Waals surface area contributed by atoms with Crippen LogP contribution >= 0.6 is 0 Å². The molecule has 0 unspecified atom stereocenters. The number of carbonyl (C=O) groups is 2. The van der Waals surface area contributed by atoms with Gasteiger partial charge in [-0.3, -0.25) is 4.79 Å². The molecular weight excluding hydrogens is 260 g/mol. The summed E-state index contributed by atoms with van der Waals surface area (Å²) in [4.78, 5) is 24.3. The molecule has 0 N–H and O–H groups in total. The van der Waals surface area contributed by atoms with Crippen molar-refractivity contribution in [1.29, 1.82) is 0 Å². The standard InChI is InChI=1S/C12H19F2NO4/c1-11(2,3)19-10(17)15-6-5-12(13,14)8(7-15)9(16)18-4/h8H,5-7H2,1-4H3/t8-/m1/s1. The van der Waals surface area contributed by atoms with Gasteiger partial charge in [0, 0.05) is 19.5 Å². The van der Waals surface area contributed by atoms with E-state index in [-0.39, 0.29) is 6.54 Å². The number of rotatable bonds is 1. The Balaban J connectivity index is 2.75. The summed E-state index contributed by atoms with van der Waals surface area (Å²) in [6.45, 7) is 4.51. The van der Waals surface area contributed by atoms with Crippen molar-refractivity contribution in [3.63, 3.8) is 0 Å². The Kier molecular flexibility index (Phi) is 4.37. The average molecular weight is 279 g/mol. The lowest BCUT2D eigenvalue weighted by molar-refractivity contribution is -0.168. The van der Waals surface area contributed by atoms with Crippen molar-refractivity contribution < 1.29 is 27.8 Å². The fourth-order valence-corrected chi connectivity index (χ4v) is 1.79. The van der Waals surface area contributed by atoms with E-state index in [1.54, 1.807) is 20.8 Å². The highest BCUT2D eigenvalue weighted by atomic mass is 19.3. The molecule has 1 fully saturated rings. The lowest BCUT2D eigenvalue weighted by atomic mass is 9.94. The van der Waals surface area contributed by atoms with Crippen molar-refractivity contribution >= 4 is 12.1 Å². The Morgan fingerprint density at radius 3 is 2.37 bits per heavy atom. The van der Waals surface area contributed by atoms with Gasteiger partial charge in [-0.2, -0.15) is 0 Å². The van der Waals surface area contributed by atoms with E-state index in [1.165, 1.54) is 0 Å². The van der Waals surface area contributed by atoms with Gasteiger partial charge in [0.25, 0.3) is 5.92 Å². The molecule has 0 aliphatic carbocycles. The molecule has 1 amide bonds. The molecule has 5 nitrogen and oxygen atoms in total. The smallest absolute Gasteiger partial charge is 0.410 e. The maximum absolute atomic E-state index is 13.6. The molecule has 1 aliphatic rings. The Bertz CT molecular complexity index is 365. The van der Waals surface area contributed by atoms with Gasteiger partial charge in [-0.05, 0) is 20.8 Å². The van der Waals surface area contributed by atoms with E-state index in [2.05, 4.69) is 4.74 Å². The molecule has 0 bridgehead atoms.